The summed E-state index contributed by atoms with van der Waals surface area (Å²) in [6.07, 6.45) is 1.79. The van der Waals surface area contributed by atoms with Crippen LogP contribution < -0.4 is 4.74 Å². The summed E-state index contributed by atoms with van der Waals surface area (Å²) in [6.45, 7) is 0.561. The van der Waals surface area contributed by atoms with E-state index in [0.29, 0.717) is 6.61 Å². The molecule has 0 atom stereocenters. The second-order valence-corrected chi connectivity index (χ2v) is 5.10. The Kier molecular flexibility index (Phi) is 3.47. The summed E-state index contributed by atoms with van der Waals surface area (Å²) in [4.78, 5) is 4.35. The van der Waals surface area contributed by atoms with E-state index in [2.05, 4.69) is 20.9 Å². The zero-order valence-corrected chi connectivity index (χ0v) is 11.8. The van der Waals surface area contributed by atoms with Crippen LogP contribution in [-0.2, 0) is 6.61 Å². The molecular formula is C16H12BrNO. The molecular weight excluding hydrogens is 302 g/mol. The van der Waals surface area contributed by atoms with Gasteiger partial charge in [-0.15, -0.1) is 0 Å². The van der Waals surface area contributed by atoms with Crippen LogP contribution in [0.1, 0.15) is 5.56 Å². The van der Waals surface area contributed by atoms with Crippen molar-refractivity contribution in [1.82, 2.24) is 4.98 Å². The van der Waals surface area contributed by atoms with Crippen LogP contribution in [0.25, 0.3) is 10.9 Å². The molecule has 0 fully saturated rings. The number of rotatable bonds is 3. The Balaban J connectivity index is 1.85. The van der Waals surface area contributed by atoms with Gasteiger partial charge in [0, 0.05) is 22.1 Å². The molecule has 1 heterocycles. The Bertz CT molecular complexity index is 697. The number of halogens is 1. The van der Waals surface area contributed by atoms with Gasteiger partial charge in [-0.3, -0.25) is 4.98 Å². The average molecular weight is 314 g/mol. The molecule has 0 aliphatic heterocycles. The zero-order valence-electron chi connectivity index (χ0n) is 10.2. The number of benzene rings is 2. The molecule has 0 N–H and O–H groups in total. The van der Waals surface area contributed by atoms with Gasteiger partial charge in [-0.25, -0.2) is 0 Å². The summed E-state index contributed by atoms with van der Waals surface area (Å²) in [5, 5.41) is 1.09. The lowest BCUT2D eigenvalue weighted by atomic mass is 10.2. The van der Waals surface area contributed by atoms with Gasteiger partial charge in [0.1, 0.15) is 12.4 Å². The monoisotopic (exact) mass is 313 g/mol. The number of nitrogens with zero attached hydrogens (tertiary/aromatic N) is 1. The largest absolute Gasteiger partial charge is 0.489 e. The summed E-state index contributed by atoms with van der Waals surface area (Å²) in [5.41, 5.74) is 2.08. The van der Waals surface area contributed by atoms with Crippen LogP contribution in [0.5, 0.6) is 5.75 Å². The maximum absolute atomic E-state index is 5.81. The minimum Gasteiger partial charge on any atom is -0.489 e. The molecule has 2 aromatic carbocycles. The van der Waals surface area contributed by atoms with Gasteiger partial charge in [-0.05, 0) is 33.6 Å². The summed E-state index contributed by atoms with van der Waals surface area (Å²) in [7, 11) is 0. The van der Waals surface area contributed by atoms with E-state index < -0.39 is 0 Å². The van der Waals surface area contributed by atoms with Crippen molar-refractivity contribution in [2.45, 2.75) is 6.61 Å². The minimum atomic E-state index is 0.561. The number of fused-ring (bicyclic) bond motifs is 1. The fourth-order valence-electron chi connectivity index (χ4n) is 1.94. The Hall–Kier alpha value is -1.87. The van der Waals surface area contributed by atoms with E-state index in [9.17, 15) is 0 Å². The topological polar surface area (TPSA) is 22.1 Å². The second-order valence-electron chi connectivity index (χ2n) is 4.25. The summed E-state index contributed by atoms with van der Waals surface area (Å²) >= 11 is 3.55. The van der Waals surface area contributed by atoms with Gasteiger partial charge in [0.2, 0.25) is 0 Å². The predicted molar refractivity (Wildman–Crippen MR) is 80.2 cm³/mol. The number of pyridine rings is 1. The first-order valence-electron chi connectivity index (χ1n) is 6.04. The summed E-state index contributed by atoms with van der Waals surface area (Å²) < 4.78 is 6.81. The molecule has 0 saturated heterocycles. The highest BCUT2D eigenvalue weighted by Gasteiger charge is 2.03. The Morgan fingerprint density at radius 3 is 2.68 bits per heavy atom. The zero-order chi connectivity index (χ0) is 13.1. The van der Waals surface area contributed by atoms with Crippen LogP contribution in [0, 0.1) is 0 Å². The lowest BCUT2D eigenvalue weighted by molar-refractivity contribution is 0.306. The molecule has 3 heteroatoms. The van der Waals surface area contributed by atoms with E-state index in [1.54, 1.807) is 6.20 Å². The molecule has 0 unspecified atom stereocenters. The number of hydrogen-bond donors (Lipinski definition) is 0. The fourth-order valence-corrected chi connectivity index (χ4v) is 2.50. The second kappa shape index (κ2) is 5.41. The van der Waals surface area contributed by atoms with Crippen LogP contribution in [0.2, 0.25) is 0 Å². The number of aromatic nitrogens is 1. The molecule has 0 aliphatic carbocycles. The van der Waals surface area contributed by atoms with Crippen LogP contribution in [-0.4, -0.2) is 4.98 Å². The Morgan fingerprint density at radius 1 is 1.00 bits per heavy atom. The maximum atomic E-state index is 5.81. The predicted octanol–water partition coefficient (Wildman–Crippen LogP) is 4.58. The van der Waals surface area contributed by atoms with Gasteiger partial charge in [0.05, 0.1) is 5.52 Å². The normalized spacial score (nSPS) is 10.6. The minimum absolute atomic E-state index is 0.561. The molecule has 0 saturated carbocycles. The van der Waals surface area contributed by atoms with Crippen molar-refractivity contribution in [3.63, 3.8) is 0 Å². The van der Waals surface area contributed by atoms with Crippen LogP contribution in [0.3, 0.4) is 0 Å². The van der Waals surface area contributed by atoms with Gasteiger partial charge in [0.15, 0.2) is 0 Å². The summed E-state index contributed by atoms with van der Waals surface area (Å²) in [6, 6.07) is 18.0. The highest BCUT2D eigenvalue weighted by atomic mass is 79.9. The molecule has 19 heavy (non-hydrogen) atoms. The summed E-state index contributed by atoms with van der Waals surface area (Å²) in [5.74, 6) is 0.821. The third-order valence-electron chi connectivity index (χ3n) is 2.89. The molecule has 0 spiro atoms. The smallest absolute Gasteiger partial charge is 0.123 e. The van der Waals surface area contributed by atoms with Crippen molar-refractivity contribution in [2.24, 2.45) is 0 Å². The van der Waals surface area contributed by atoms with Crippen LogP contribution >= 0.6 is 15.9 Å². The molecule has 3 aromatic rings. The molecule has 3 rings (SSSR count). The quantitative estimate of drug-likeness (QED) is 0.706. The van der Waals surface area contributed by atoms with Crippen molar-refractivity contribution in [3.05, 3.63) is 70.8 Å². The standard InChI is InChI=1S/C16H12BrNO/c17-15-9-13(10-16-14(15)7-4-8-18-16)19-11-12-5-2-1-3-6-12/h1-10H,11H2. The molecule has 0 amide bonds. The Morgan fingerprint density at radius 2 is 1.84 bits per heavy atom. The van der Waals surface area contributed by atoms with Crippen LogP contribution in [0.15, 0.2) is 65.3 Å². The van der Waals surface area contributed by atoms with E-state index in [-0.39, 0.29) is 0 Å². The van der Waals surface area contributed by atoms with Gasteiger partial charge in [-0.2, -0.15) is 0 Å². The molecule has 2 nitrogen and oxygen atoms in total. The molecule has 94 valence electrons. The van der Waals surface area contributed by atoms with E-state index >= 15 is 0 Å². The first kappa shape index (κ1) is 12.2. The van der Waals surface area contributed by atoms with E-state index in [1.807, 2.05) is 54.6 Å². The van der Waals surface area contributed by atoms with Gasteiger partial charge >= 0.3 is 0 Å². The van der Waals surface area contributed by atoms with E-state index in [4.69, 9.17) is 4.74 Å². The molecule has 1 aromatic heterocycles. The van der Waals surface area contributed by atoms with Crippen molar-refractivity contribution in [3.8, 4) is 5.75 Å². The van der Waals surface area contributed by atoms with Crippen LogP contribution in [0.4, 0.5) is 0 Å². The fraction of sp³-hybridized carbons (Fsp3) is 0.0625. The van der Waals surface area contributed by atoms with Crippen molar-refractivity contribution in [2.75, 3.05) is 0 Å². The SMILES string of the molecule is Brc1cc(OCc2ccccc2)cc2ncccc12. The molecule has 0 bridgehead atoms. The average Bonchev–Trinajstić information content (AvgIpc) is 2.46. The lowest BCUT2D eigenvalue weighted by Gasteiger charge is -2.08. The third-order valence-corrected chi connectivity index (χ3v) is 3.55. The Labute approximate surface area is 120 Å². The van der Waals surface area contributed by atoms with Crippen molar-refractivity contribution in [1.29, 1.82) is 0 Å². The third kappa shape index (κ3) is 2.76. The van der Waals surface area contributed by atoms with Gasteiger partial charge < -0.3 is 4.74 Å². The van der Waals surface area contributed by atoms with Gasteiger partial charge in [-0.1, -0.05) is 36.4 Å². The molecule has 0 aliphatic rings. The number of hydrogen-bond acceptors (Lipinski definition) is 2. The highest BCUT2D eigenvalue weighted by molar-refractivity contribution is 9.10. The molecule has 0 radical (unpaired) electrons. The maximum Gasteiger partial charge on any atom is 0.123 e. The van der Waals surface area contributed by atoms with Gasteiger partial charge in [0.25, 0.3) is 0 Å². The van der Waals surface area contributed by atoms with Crippen molar-refractivity contribution < 1.29 is 4.74 Å². The first-order chi connectivity index (χ1) is 9.33. The van der Waals surface area contributed by atoms with Crippen molar-refractivity contribution >= 4 is 26.8 Å². The number of ether oxygens (including phenoxy) is 1. The lowest BCUT2D eigenvalue weighted by Crippen LogP contribution is -1.95. The first-order valence-corrected chi connectivity index (χ1v) is 6.83. The highest BCUT2D eigenvalue weighted by Crippen LogP contribution is 2.28. The van der Waals surface area contributed by atoms with E-state index in [0.717, 1.165) is 26.7 Å². The van der Waals surface area contributed by atoms with E-state index in [1.165, 1.54) is 0 Å².